The molecule has 6 nitrogen and oxygen atoms in total. The highest BCUT2D eigenvalue weighted by atomic mass is 16.7. The van der Waals surface area contributed by atoms with E-state index in [1.165, 1.54) is 0 Å². The molecule has 0 saturated carbocycles. The molecule has 0 aliphatic heterocycles. The van der Waals surface area contributed by atoms with Crippen molar-refractivity contribution >= 4 is 12.3 Å². The van der Waals surface area contributed by atoms with Crippen LogP contribution in [0.4, 0.5) is 0 Å². The monoisotopic (exact) mass is 379 g/mol. The van der Waals surface area contributed by atoms with E-state index in [9.17, 15) is 9.59 Å². The van der Waals surface area contributed by atoms with E-state index in [-0.39, 0.29) is 13.0 Å². The minimum absolute atomic E-state index is 0.123. The molecule has 0 spiro atoms. The molecule has 2 rings (SSSR count). The first-order valence-corrected chi connectivity index (χ1v) is 9.05. The van der Waals surface area contributed by atoms with Gasteiger partial charge in [0.2, 0.25) is 12.3 Å². The van der Waals surface area contributed by atoms with Gasteiger partial charge in [0.1, 0.15) is 6.54 Å². The molecule has 2 aromatic carbocycles. The average molecular weight is 379 g/mol. The van der Waals surface area contributed by atoms with Crippen LogP contribution in [0.3, 0.4) is 0 Å². The molecule has 2 aromatic rings. The molecule has 1 atom stereocenters. The van der Waals surface area contributed by atoms with Crippen LogP contribution < -0.4 is 5.32 Å². The van der Waals surface area contributed by atoms with E-state index < -0.39 is 17.6 Å². The lowest BCUT2D eigenvalue weighted by Gasteiger charge is -2.26. The molecule has 0 aliphatic carbocycles. The number of nitrogens with one attached hydrogen (secondary N) is 1. The molecule has 0 heterocycles. The number of carbonyl (C=O) groups is 2. The van der Waals surface area contributed by atoms with Crippen molar-refractivity contribution in [3.8, 4) is 17.2 Å². The second-order valence-corrected chi connectivity index (χ2v) is 7.35. The maximum absolute atomic E-state index is 12.3. The van der Waals surface area contributed by atoms with Crippen molar-refractivity contribution in [3.05, 3.63) is 60.2 Å². The van der Waals surface area contributed by atoms with Gasteiger partial charge in [-0.25, -0.2) is 5.06 Å². The predicted octanol–water partition coefficient (Wildman–Crippen LogP) is 3.61. The molecule has 0 radical (unpaired) electrons. The number of carbonyl (C=O) groups excluding carboxylic acids is 2. The van der Waals surface area contributed by atoms with E-state index in [1.807, 2.05) is 54.6 Å². The first-order chi connectivity index (χ1) is 13.3. The lowest BCUT2D eigenvalue weighted by Crippen LogP contribution is -2.41. The Bertz CT molecular complexity index is 821. The van der Waals surface area contributed by atoms with Gasteiger partial charge in [-0.05, 0) is 37.5 Å². The van der Waals surface area contributed by atoms with Crippen LogP contribution in [0.15, 0.2) is 54.6 Å². The van der Waals surface area contributed by atoms with Gasteiger partial charge in [-0.2, -0.15) is 5.26 Å². The van der Waals surface area contributed by atoms with E-state index >= 15 is 0 Å². The summed E-state index contributed by atoms with van der Waals surface area (Å²) in [6, 6.07) is 19.3. The van der Waals surface area contributed by atoms with Crippen LogP contribution in [-0.2, 0) is 14.4 Å². The summed E-state index contributed by atoms with van der Waals surface area (Å²) in [5, 5.41) is 12.9. The van der Waals surface area contributed by atoms with Crippen molar-refractivity contribution in [1.29, 1.82) is 5.26 Å². The Morgan fingerprint density at radius 1 is 1.14 bits per heavy atom. The molecule has 0 bridgehead atoms. The average Bonchev–Trinajstić information content (AvgIpc) is 2.67. The van der Waals surface area contributed by atoms with Gasteiger partial charge in [0.05, 0.1) is 24.1 Å². The highest BCUT2D eigenvalue weighted by Crippen LogP contribution is 2.23. The largest absolute Gasteiger partial charge is 0.347 e. The van der Waals surface area contributed by atoms with E-state index in [1.54, 1.807) is 20.8 Å². The fourth-order valence-corrected chi connectivity index (χ4v) is 2.71. The molecule has 6 heteroatoms. The molecule has 0 aliphatic rings. The Morgan fingerprint density at radius 2 is 1.75 bits per heavy atom. The predicted molar refractivity (Wildman–Crippen MR) is 107 cm³/mol. The fraction of sp³-hybridized carbons (Fsp3) is 0.318. The second kappa shape index (κ2) is 9.67. The van der Waals surface area contributed by atoms with Crippen LogP contribution in [0, 0.1) is 11.3 Å². The van der Waals surface area contributed by atoms with E-state index in [4.69, 9.17) is 10.1 Å². The highest BCUT2D eigenvalue weighted by molar-refractivity contribution is 5.80. The summed E-state index contributed by atoms with van der Waals surface area (Å²) < 4.78 is 0. The fourth-order valence-electron chi connectivity index (χ4n) is 2.71. The van der Waals surface area contributed by atoms with Gasteiger partial charge in [0, 0.05) is 0 Å². The molecular weight excluding hydrogens is 354 g/mol. The third-order valence-electron chi connectivity index (χ3n) is 3.86. The standard InChI is InChI=1S/C22H25N3O3/c1-22(2,3)28-25(16-26)15-21(27)24-20(13-14-23)19-11-9-18(10-12-19)17-7-5-4-6-8-17/h4-12,16,20H,13,15H2,1-3H3,(H,24,27). The maximum atomic E-state index is 12.3. The highest BCUT2D eigenvalue weighted by Gasteiger charge is 2.20. The number of hydrogen-bond donors (Lipinski definition) is 1. The third-order valence-corrected chi connectivity index (χ3v) is 3.86. The van der Waals surface area contributed by atoms with E-state index in [0.29, 0.717) is 6.41 Å². The molecule has 1 N–H and O–H groups in total. The lowest BCUT2D eigenvalue weighted by molar-refractivity contribution is -0.215. The van der Waals surface area contributed by atoms with Gasteiger partial charge in [-0.1, -0.05) is 54.6 Å². The molecule has 1 unspecified atom stereocenters. The Kier molecular flexibility index (Phi) is 7.30. The van der Waals surface area contributed by atoms with Gasteiger partial charge in [-0.3, -0.25) is 14.4 Å². The van der Waals surface area contributed by atoms with Crippen molar-refractivity contribution in [1.82, 2.24) is 10.4 Å². The van der Waals surface area contributed by atoms with E-state index in [0.717, 1.165) is 21.8 Å². The number of benzene rings is 2. The van der Waals surface area contributed by atoms with Gasteiger partial charge in [0.25, 0.3) is 0 Å². The smallest absolute Gasteiger partial charge is 0.242 e. The van der Waals surface area contributed by atoms with Crippen molar-refractivity contribution in [2.24, 2.45) is 0 Å². The van der Waals surface area contributed by atoms with Gasteiger partial charge < -0.3 is 5.32 Å². The quantitative estimate of drug-likeness (QED) is 0.561. The number of nitrogens with zero attached hydrogens (tertiary/aromatic N) is 2. The first kappa shape index (κ1) is 21.1. The topological polar surface area (TPSA) is 82.4 Å². The van der Waals surface area contributed by atoms with Crippen molar-refractivity contribution in [3.63, 3.8) is 0 Å². The van der Waals surface area contributed by atoms with Gasteiger partial charge >= 0.3 is 0 Å². The van der Waals surface area contributed by atoms with Crippen LogP contribution >= 0.6 is 0 Å². The number of hydroxylamine groups is 2. The van der Waals surface area contributed by atoms with Crippen LogP contribution in [0.25, 0.3) is 11.1 Å². The molecular formula is C22H25N3O3. The number of nitriles is 1. The summed E-state index contributed by atoms with van der Waals surface area (Å²) in [7, 11) is 0. The number of rotatable bonds is 8. The molecule has 0 saturated heterocycles. The molecule has 2 amide bonds. The normalized spacial score (nSPS) is 11.9. The van der Waals surface area contributed by atoms with E-state index in [2.05, 4.69) is 11.4 Å². The zero-order valence-corrected chi connectivity index (χ0v) is 16.4. The number of hydrogen-bond acceptors (Lipinski definition) is 4. The summed E-state index contributed by atoms with van der Waals surface area (Å²) in [5.41, 5.74) is 2.37. The molecule has 0 aromatic heterocycles. The molecule has 28 heavy (non-hydrogen) atoms. The molecule has 146 valence electrons. The SMILES string of the molecule is CC(C)(C)ON(C=O)CC(=O)NC(CC#N)c1ccc(-c2ccccc2)cc1. The van der Waals surface area contributed by atoms with Crippen LogP contribution in [-0.4, -0.2) is 29.5 Å². The van der Waals surface area contributed by atoms with Crippen LogP contribution in [0.1, 0.15) is 38.8 Å². The summed E-state index contributed by atoms with van der Waals surface area (Å²) in [6.07, 6.45) is 0.594. The Balaban J connectivity index is 2.07. The van der Waals surface area contributed by atoms with Gasteiger partial charge in [0.15, 0.2) is 0 Å². The lowest BCUT2D eigenvalue weighted by atomic mass is 9.99. The van der Waals surface area contributed by atoms with Crippen molar-refractivity contribution in [2.75, 3.05) is 6.54 Å². The van der Waals surface area contributed by atoms with Gasteiger partial charge in [-0.15, -0.1) is 0 Å². The number of amides is 2. The van der Waals surface area contributed by atoms with Crippen LogP contribution in [0.2, 0.25) is 0 Å². The maximum Gasteiger partial charge on any atom is 0.242 e. The minimum Gasteiger partial charge on any atom is -0.347 e. The Labute approximate surface area is 165 Å². The van der Waals surface area contributed by atoms with Crippen molar-refractivity contribution < 1.29 is 14.4 Å². The second-order valence-electron chi connectivity index (χ2n) is 7.35. The summed E-state index contributed by atoms with van der Waals surface area (Å²) in [6.45, 7) is 5.11. The zero-order chi connectivity index (χ0) is 20.6. The summed E-state index contributed by atoms with van der Waals surface area (Å²) >= 11 is 0. The Hall–Kier alpha value is -3.17. The first-order valence-electron chi connectivity index (χ1n) is 9.05. The Morgan fingerprint density at radius 3 is 2.29 bits per heavy atom. The zero-order valence-electron chi connectivity index (χ0n) is 16.4. The summed E-state index contributed by atoms with van der Waals surface area (Å²) in [4.78, 5) is 28.9. The summed E-state index contributed by atoms with van der Waals surface area (Å²) in [5.74, 6) is -0.399. The minimum atomic E-state index is -0.597. The molecule has 0 fully saturated rings. The van der Waals surface area contributed by atoms with Crippen molar-refractivity contribution in [2.45, 2.75) is 38.8 Å². The third kappa shape index (κ3) is 6.53. The van der Waals surface area contributed by atoms with Crippen LogP contribution in [0.5, 0.6) is 0 Å².